The molecule has 1 aliphatic rings. The molecule has 0 N–H and O–H groups in total. The molecule has 0 spiro atoms. The van der Waals surface area contributed by atoms with Gasteiger partial charge >= 0.3 is 0 Å². The van der Waals surface area contributed by atoms with Crippen LogP contribution in [0.3, 0.4) is 0 Å². The van der Waals surface area contributed by atoms with Gasteiger partial charge < -0.3 is 0 Å². The monoisotopic (exact) mass is 162 g/mol. The van der Waals surface area contributed by atoms with Gasteiger partial charge in [-0.2, -0.15) is 0 Å². The molecule has 0 atom stereocenters. The summed E-state index contributed by atoms with van der Waals surface area (Å²) in [4.78, 5) is 0. The van der Waals surface area contributed by atoms with E-state index in [1.54, 1.807) is 0 Å². The van der Waals surface area contributed by atoms with Crippen LogP contribution in [-0.2, 0) is 0 Å². The molecular formula is C12H18. The van der Waals surface area contributed by atoms with Crippen LogP contribution in [0.4, 0.5) is 0 Å². The molecule has 0 nitrogen and oxygen atoms in total. The largest absolute Gasteiger partial charge is 0.0991 e. The van der Waals surface area contributed by atoms with Gasteiger partial charge in [0.25, 0.3) is 0 Å². The molecule has 0 aliphatic heterocycles. The van der Waals surface area contributed by atoms with Crippen molar-refractivity contribution in [1.82, 2.24) is 0 Å². The van der Waals surface area contributed by atoms with E-state index in [2.05, 4.69) is 19.2 Å². The quantitative estimate of drug-likeness (QED) is 0.553. The Morgan fingerprint density at radius 2 is 1.75 bits per heavy atom. The van der Waals surface area contributed by atoms with Gasteiger partial charge in [0.05, 0.1) is 0 Å². The Hall–Kier alpha value is -0.780. The molecule has 0 aromatic carbocycles. The summed E-state index contributed by atoms with van der Waals surface area (Å²) in [6, 6.07) is 0. The van der Waals surface area contributed by atoms with Crippen LogP contribution in [-0.4, -0.2) is 0 Å². The fourth-order valence-corrected chi connectivity index (χ4v) is 1.94. The van der Waals surface area contributed by atoms with Crippen LogP contribution < -0.4 is 0 Å². The van der Waals surface area contributed by atoms with Crippen molar-refractivity contribution in [3.05, 3.63) is 37.0 Å². The minimum Gasteiger partial charge on any atom is -0.0991 e. The molecule has 0 amide bonds. The second-order valence-electron chi connectivity index (χ2n) is 3.44. The molecule has 12 heavy (non-hydrogen) atoms. The van der Waals surface area contributed by atoms with Gasteiger partial charge in [-0.25, -0.2) is 0 Å². The maximum atomic E-state index is 3.84. The summed E-state index contributed by atoms with van der Waals surface area (Å²) >= 11 is 0. The van der Waals surface area contributed by atoms with Crippen molar-refractivity contribution < 1.29 is 0 Å². The average molecular weight is 162 g/mol. The number of hydrogen-bond donors (Lipinski definition) is 0. The average Bonchev–Trinajstić information content (AvgIpc) is 2.15. The van der Waals surface area contributed by atoms with Gasteiger partial charge in [-0.3, -0.25) is 0 Å². The summed E-state index contributed by atoms with van der Waals surface area (Å²) in [6.07, 6.45) is 12.8. The first-order valence-electron chi connectivity index (χ1n) is 4.83. The lowest BCUT2D eigenvalue weighted by Gasteiger charge is -2.22. The van der Waals surface area contributed by atoms with E-state index in [0.29, 0.717) is 0 Å². The van der Waals surface area contributed by atoms with Gasteiger partial charge in [0.2, 0.25) is 0 Å². The van der Waals surface area contributed by atoms with Gasteiger partial charge in [-0.15, -0.1) is 0 Å². The number of allylic oxidation sites excluding steroid dienone is 4. The van der Waals surface area contributed by atoms with E-state index < -0.39 is 0 Å². The Morgan fingerprint density at radius 3 is 2.25 bits per heavy atom. The molecule has 0 bridgehead atoms. The molecule has 1 rings (SSSR count). The van der Waals surface area contributed by atoms with Crippen LogP contribution in [0.2, 0.25) is 0 Å². The van der Waals surface area contributed by atoms with E-state index in [0.717, 1.165) is 5.92 Å². The molecule has 0 heterocycles. The van der Waals surface area contributed by atoms with E-state index in [1.807, 2.05) is 12.2 Å². The lowest BCUT2D eigenvalue weighted by molar-refractivity contribution is 0.408. The molecule has 0 radical (unpaired) electrons. The fraction of sp³-hybridized carbons (Fsp3) is 0.500. The lowest BCUT2D eigenvalue weighted by Crippen LogP contribution is -2.07. The van der Waals surface area contributed by atoms with Crippen molar-refractivity contribution in [3.63, 3.8) is 0 Å². The van der Waals surface area contributed by atoms with Crippen LogP contribution in [0.25, 0.3) is 0 Å². The zero-order valence-corrected chi connectivity index (χ0v) is 7.76. The molecule has 1 saturated carbocycles. The molecule has 0 heteroatoms. The number of hydrogen-bond acceptors (Lipinski definition) is 0. The van der Waals surface area contributed by atoms with E-state index >= 15 is 0 Å². The van der Waals surface area contributed by atoms with E-state index in [-0.39, 0.29) is 0 Å². The van der Waals surface area contributed by atoms with Crippen molar-refractivity contribution in [2.24, 2.45) is 5.92 Å². The second-order valence-corrected chi connectivity index (χ2v) is 3.44. The molecule has 1 fully saturated rings. The highest BCUT2D eigenvalue weighted by Crippen LogP contribution is 2.29. The highest BCUT2D eigenvalue weighted by atomic mass is 14.2. The minimum atomic E-state index is 0.759. The predicted molar refractivity (Wildman–Crippen MR) is 55.1 cm³/mol. The molecule has 1 aliphatic carbocycles. The molecule has 0 unspecified atom stereocenters. The highest BCUT2D eigenvalue weighted by Gasteiger charge is 2.14. The zero-order chi connectivity index (χ0) is 8.81. The zero-order valence-electron chi connectivity index (χ0n) is 7.76. The van der Waals surface area contributed by atoms with Gasteiger partial charge in [-0.1, -0.05) is 50.6 Å². The smallest absolute Gasteiger partial charge is 0.0162 e. The topological polar surface area (TPSA) is 0 Å². The highest BCUT2D eigenvalue weighted by molar-refractivity contribution is 5.24. The Morgan fingerprint density at radius 1 is 1.08 bits per heavy atom. The summed E-state index contributed by atoms with van der Waals surface area (Å²) in [7, 11) is 0. The third-order valence-electron chi connectivity index (χ3n) is 2.62. The molecular weight excluding hydrogens is 144 g/mol. The maximum Gasteiger partial charge on any atom is -0.0162 e. The Kier molecular flexibility index (Phi) is 3.86. The summed E-state index contributed by atoms with van der Waals surface area (Å²) in [5, 5.41) is 0. The molecule has 0 saturated heterocycles. The van der Waals surface area contributed by atoms with Gasteiger partial charge in [-0.05, 0) is 24.3 Å². The summed E-state index contributed by atoms with van der Waals surface area (Å²) < 4.78 is 0. The lowest BCUT2D eigenvalue weighted by atomic mass is 9.83. The first kappa shape index (κ1) is 9.31. The van der Waals surface area contributed by atoms with Gasteiger partial charge in [0.1, 0.15) is 0 Å². The third kappa shape index (κ3) is 2.37. The Balaban J connectivity index is 2.57. The summed E-state index contributed by atoms with van der Waals surface area (Å²) in [5.74, 6) is 0.759. The van der Waals surface area contributed by atoms with E-state index in [4.69, 9.17) is 0 Å². The second kappa shape index (κ2) is 4.97. The van der Waals surface area contributed by atoms with Crippen molar-refractivity contribution in [2.45, 2.75) is 32.1 Å². The van der Waals surface area contributed by atoms with Crippen molar-refractivity contribution in [3.8, 4) is 0 Å². The first-order chi connectivity index (χ1) is 5.88. The molecule has 0 aromatic heterocycles. The van der Waals surface area contributed by atoms with Crippen molar-refractivity contribution in [1.29, 1.82) is 0 Å². The summed E-state index contributed by atoms with van der Waals surface area (Å²) in [6.45, 7) is 7.56. The van der Waals surface area contributed by atoms with E-state index in [9.17, 15) is 0 Å². The van der Waals surface area contributed by atoms with Gasteiger partial charge in [0, 0.05) is 0 Å². The van der Waals surface area contributed by atoms with Crippen LogP contribution >= 0.6 is 0 Å². The van der Waals surface area contributed by atoms with Gasteiger partial charge in [0.15, 0.2) is 0 Å². The van der Waals surface area contributed by atoms with Crippen LogP contribution in [0.1, 0.15) is 32.1 Å². The SMILES string of the molecule is C=C/C=C(\C=C)C1CCCCC1. The Bertz CT molecular complexity index is 180. The van der Waals surface area contributed by atoms with Crippen molar-refractivity contribution in [2.75, 3.05) is 0 Å². The molecule has 66 valence electrons. The normalized spacial score (nSPS) is 20.5. The van der Waals surface area contributed by atoms with E-state index in [1.165, 1.54) is 37.7 Å². The standard InChI is InChI=1S/C12H18/c1-3-8-11(4-2)12-9-6-5-7-10-12/h3-4,8,12H,1-2,5-7,9-10H2/b11-8+. The Labute approximate surface area is 75.7 Å². The van der Waals surface area contributed by atoms with Crippen molar-refractivity contribution >= 4 is 0 Å². The number of rotatable bonds is 3. The summed E-state index contributed by atoms with van der Waals surface area (Å²) in [5.41, 5.74) is 1.38. The van der Waals surface area contributed by atoms with Crippen LogP contribution in [0.5, 0.6) is 0 Å². The minimum absolute atomic E-state index is 0.759. The fourth-order valence-electron chi connectivity index (χ4n) is 1.94. The van der Waals surface area contributed by atoms with Crippen LogP contribution in [0, 0.1) is 5.92 Å². The predicted octanol–water partition coefficient (Wildman–Crippen LogP) is 3.87. The first-order valence-corrected chi connectivity index (χ1v) is 4.83. The van der Waals surface area contributed by atoms with Crippen LogP contribution in [0.15, 0.2) is 37.0 Å². The maximum absolute atomic E-state index is 3.84. The third-order valence-corrected chi connectivity index (χ3v) is 2.62. The molecule has 0 aromatic rings.